The van der Waals surface area contributed by atoms with Gasteiger partial charge in [-0.05, 0) is 68.1 Å². The predicted octanol–water partition coefficient (Wildman–Crippen LogP) is 3.82. The molecule has 0 bridgehead atoms. The maximum atomic E-state index is 10.6. The van der Waals surface area contributed by atoms with E-state index < -0.39 is 6.23 Å². The summed E-state index contributed by atoms with van der Waals surface area (Å²) in [6.45, 7) is 9.05. The van der Waals surface area contributed by atoms with E-state index in [1.165, 1.54) is 18.4 Å². The molecule has 0 amide bonds. The lowest BCUT2D eigenvalue weighted by molar-refractivity contribution is -0.0248. The Bertz CT molecular complexity index is 670. The Kier molecular flexibility index (Phi) is 6.23. The highest BCUT2D eigenvalue weighted by molar-refractivity contribution is 6.21. The third-order valence-corrected chi connectivity index (χ3v) is 8.78. The van der Waals surface area contributed by atoms with Gasteiger partial charge in [0, 0.05) is 29.4 Å². The normalized spacial score (nSPS) is 35.4. The van der Waals surface area contributed by atoms with Crippen LogP contribution in [0.15, 0.2) is 23.3 Å². The standard InChI is InChI=1S/C24H39ClN2O2/c1-16(21(14-28)26-22(29)17-6-4-5-7-17)27-11-10-24(23(2,3)15-27)13-18-12-19(25)8-9-20(18)24/h9,13,16-17,19,21-22,26,28-29H,4-8,10-12,14-15H2,1-3H3/t16?,19?,21-,22?,24?/m1/s1. The summed E-state index contributed by atoms with van der Waals surface area (Å²) in [4.78, 5) is 2.51. The van der Waals surface area contributed by atoms with E-state index in [1.54, 1.807) is 5.57 Å². The highest BCUT2D eigenvalue weighted by Gasteiger charge is 2.56. The molecule has 4 aliphatic rings. The van der Waals surface area contributed by atoms with E-state index in [9.17, 15) is 10.2 Å². The summed E-state index contributed by atoms with van der Waals surface area (Å²) < 4.78 is 0. The number of hydrogen-bond acceptors (Lipinski definition) is 4. The number of hydrogen-bond donors (Lipinski definition) is 3. The summed E-state index contributed by atoms with van der Waals surface area (Å²) >= 11 is 6.37. The van der Waals surface area contributed by atoms with Gasteiger partial charge in [-0.3, -0.25) is 10.2 Å². The van der Waals surface area contributed by atoms with Gasteiger partial charge in [-0.25, -0.2) is 0 Å². The van der Waals surface area contributed by atoms with E-state index in [4.69, 9.17) is 11.6 Å². The molecule has 4 nitrogen and oxygen atoms in total. The van der Waals surface area contributed by atoms with Gasteiger partial charge < -0.3 is 10.2 Å². The van der Waals surface area contributed by atoms with Crippen LogP contribution in [0.2, 0.25) is 0 Å². The highest BCUT2D eigenvalue weighted by Crippen LogP contribution is 2.62. The van der Waals surface area contributed by atoms with Crippen LogP contribution in [0.1, 0.15) is 65.7 Å². The molecule has 0 aromatic rings. The number of likely N-dealkylation sites (tertiary alicyclic amines) is 1. The number of alkyl halides is 1. The Labute approximate surface area is 181 Å². The van der Waals surface area contributed by atoms with Crippen molar-refractivity contribution in [3.05, 3.63) is 23.3 Å². The summed E-state index contributed by atoms with van der Waals surface area (Å²) in [6.07, 6.45) is 12.1. The van der Waals surface area contributed by atoms with E-state index in [2.05, 4.69) is 43.1 Å². The predicted molar refractivity (Wildman–Crippen MR) is 119 cm³/mol. The first-order valence-corrected chi connectivity index (χ1v) is 12.1. The van der Waals surface area contributed by atoms with Crippen molar-refractivity contribution in [1.29, 1.82) is 0 Å². The number of nitrogens with zero attached hydrogens (tertiary/aromatic N) is 1. The van der Waals surface area contributed by atoms with Crippen LogP contribution < -0.4 is 5.32 Å². The van der Waals surface area contributed by atoms with E-state index in [-0.39, 0.29) is 34.9 Å². The van der Waals surface area contributed by atoms with Crippen molar-refractivity contribution in [1.82, 2.24) is 10.2 Å². The molecule has 1 saturated heterocycles. The molecule has 0 aromatic carbocycles. The molecular weight excluding hydrogens is 384 g/mol. The van der Waals surface area contributed by atoms with Crippen molar-refractivity contribution < 1.29 is 10.2 Å². The lowest BCUT2D eigenvalue weighted by atomic mass is 9.49. The SMILES string of the molecule is CC([C@@H](CO)NC(O)C1CCCC1)N1CCC2(C=C3CC(Cl)CC=C32)C(C)(C)C1. The fraction of sp³-hybridized carbons (Fsp3) is 0.833. The van der Waals surface area contributed by atoms with Crippen LogP contribution in [-0.4, -0.2) is 58.5 Å². The summed E-state index contributed by atoms with van der Waals surface area (Å²) in [5, 5.41) is 24.3. The van der Waals surface area contributed by atoms with Crippen molar-refractivity contribution >= 4 is 11.6 Å². The molecule has 29 heavy (non-hydrogen) atoms. The third kappa shape index (κ3) is 3.85. The van der Waals surface area contributed by atoms with Gasteiger partial charge in [0.1, 0.15) is 6.23 Å². The summed E-state index contributed by atoms with van der Waals surface area (Å²) in [5.41, 5.74) is 3.35. The van der Waals surface area contributed by atoms with Crippen LogP contribution in [0, 0.1) is 16.7 Å². The second-order valence-electron chi connectivity index (χ2n) is 10.6. The van der Waals surface area contributed by atoms with E-state index in [0.29, 0.717) is 5.92 Å². The van der Waals surface area contributed by atoms with Crippen LogP contribution in [0.5, 0.6) is 0 Å². The Hall–Kier alpha value is -0.390. The topological polar surface area (TPSA) is 55.7 Å². The van der Waals surface area contributed by atoms with Crippen LogP contribution in [0.25, 0.3) is 0 Å². The molecule has 0 aromatic heterocycles. The number of piperidine rings is 1. The lowest BCUT2D eigenvalue weighted by Crippen LogP contribution is -2.62. The average Bonchev–Trinajstić information content (AvgIpc) is 3.20. The molecule has 3 aliphatic carbocycles. The van der Waals surface area contributed by atoms with E-state index >= 15 is 0 Å². The number of rotatable bonds is 6. The molecule has 5 heteroatoms. The van der Waals surface area contributed by atoms with E-state index in [0.717, 1.165) is 45.2 Å². The van der Waals surface area contributed by atoms with Crippen molar-refractivity contribution in [3.63, 3.8) is 0 Å². The van der Waals surface area contributed by atoms with Gasteiger partial charge in [-0.1, -0.05) is 38.8 Å². The maximum Gasteiger partial charge on any atom is 0.108 e. The number of allylic oxidation sites excluding steroid dienone is 4. The van der Waals surface area contributed by atoms with Crippen molar-refractivity contribution in [2.24, 2.45) is 16.7 Å². The first-order valence-electron chi connectivity index (χ1n) is 11.6. The number of aliphatic hydroxyl groups excluding tert-OH is 2. The molecule has 3 N–H and O–H groups in total. The van der Waals surface area contributed by atoms with Crippen molar-refractivity contribution in [2.45, 2.75) is 89.4 Å². The van der Waals surface area contributed by atoms with Crippen molar-refractivity contribution in [3.8, 4) is 0 Å². The fourth-order valence-corrected chi connectivity index (χ4v) is 6.69. The maximum absolute atomic E-state index is 10.6. The van der Waals surface area contributed by atoms with Crippen LogP contribution in [0.4, 0.5) is 0 Å². The monoisotopic (exact) mass is 422 g/mol. The number of aliphatic hydroxyl groups is 2. The Morgan fingerprint density at radius 1 is 1.31 bits per heavy atom. The minimum atomic E-state index is -0.505. The van der Waals surface area contributed by atoms with Gasteiger partial charge >= 0.3 is 0 Å². The third-order valence-electron chi connectivity index (χ3n) is 8.45. The van der Waals surface area contributed by atoms with Crippen LogP contribution in [0.3, 0.4) is 0 Å². The van der Waals surface area contributed by atoms with Crippen LogP contribution >= 0.6 is 11.6 Å². The molecule has 4 rings (SSSR count). The van der Waals surface area contributed by atoms with E-state index in [1.807, 2.05) is 0 Å². The van der Waals surface area contributed by atoms with Gasteiger partial charge in [0.15, 0.2) is 0 Å². The Morgan fingerprint density at radius 3 is 2.66 bits per heavy atom. The smallest absolute Gasteiger partial charge is 0.108 e. The van der Waals surface area contributed by atoms with Crippen molar-refractivity contribution in [2.75, 3.05) is 19.7 Å². The zero-order chi connectivity index (χ0) is 20.8. The minimum Gasteiger partial charge on any atom is -0.395 e. The quantitative estimate of drug-likeness (QED) is 0.450. The molecule has 2 fully saturated rings. The Balaban J connectivity index is 1.42. The highest BCUT2D eigenvalue weighted by atomic mass is 35.5. The van der Waals surface area contributed by atoms with Crippen LogP contribution in [-0.2, 0) is 0 Å². The summed E-state index contributed by atoms with van der Waals surface area (Å²) in [5.74, 6) is 0.333. The first kappa shape index (κ1) is 21.8. The minimum absolute atomic E-state index is 0.0549. The fourth-order valence-electron chi connectivity index (χ4n) is 6.44. The zero-order valence-electron chi connectivity index (χ0n) is 18.3. The molecular formula is C24H39ClN2O2. The van der Waals surface area contributed by atoms with Gasteiger partial charge in [0.05, 0.1) is 6.61 Å². The van der Waals surface area contributed by atoms with Gasteiger partial charge in [0.25, 0.3) is 0 Å². The molecule has 5 atom stereocenters. The number of nitrogens with one attached hydrogen (secondary N) is 1. The summed E-state index contributed by atoms with van der Waals surface area (Å²) in [6, 6.07) is 0.0811. The molecule has 4 unspecified atom stereocenters. The molecule has 0 radical (unpaired) electrons. The molecule has 1 spiro atoms. The van der Waals surface area contributed by atoms with Gasteiger partial charge in [-0.2, -0.15) is 0 Å². The number of fused-ring (bicyclic) bond motifs is 2. The second-order valence-corrected chi connectivity index (χ2v) is 11.2. The second kappa shape index (κ2) is 8.27. The Morgan fingerprint density at radius 2 is 2.03 bits per heavy atom. The zero-order valence-corrected chi connectivity index (χ0v) is 19.1. The molecule has 164 valence electrons. The van der Waals surface area contributed by atoms with Gasteiger partial charge in [0.2, 0.25) is 0 Å². The molecule has 1 aliphatic heterocycles. The largest absolute Gasteiger partial charge is 0.395 e. The molecule has 1 saturated carbocycles. The lowest BCUT2D eigenvalue weighted by Gasteiger charge is -2.60. The number of halogens is 1. The first-order chi connectivity index (χ1) is 13.8. The average molecular weight is 423 g/mol. The summed E-state index contributed by atoms with van der Waals surface area (Å²) in [7, 11) is 0. The molecule has 1 heterocycles. The van der Waals surface area contributed by atoms with Gasteiger partial charge in [-0.15, -0.1) is 11.6 Å².